The zero-order valence-corrected chi connectivity index (χ0v) is 21.8. The van der Waals surface area contributed by atoms with E-state index < -0.39 is 12.2 Å². The van der Waals surface area contributed by atoms with Gasteiger partial charge in [-0.25, -0.2) is 4.79 Å². The number of urea groups is 1. The number of nitrogens with one attached hydrogen (secondary N) is 1. The summed E-state index contributed by atoms with van der Waals surface area (Å²) < 4.78 is 0. The molecule has 1 atom stereocenters. The van der Waals surface area contributed by atoms with Crippen LogP contribution in [0.1, 0.15) is 38.3 Å². The van der Waals surface area contributed by atoms with Gasteiger partial charge in [-0.2, -0.15) is 5.06 Å². The summed E-state index contributed by atoms with van der Waals surface area (Å²) in [5, 5.41) is 3.94. The van der Waals surface area contributed by atoms with Crippen molar-refractivity contribution in [2.24, 2.45) is 5.73 Å². The maximum atomic E-state index is 13.1. The largest absolute Gasteiger partial charge is 0.370 e. The summed E-state index contributed by atoms with van der Waals surface area (Å²) in [4.78, 5) is 62.6. The summed E-state index contributed by atoms with van der Waals surface area (Å²) in [5.74, 6) is -0.245. The number of nitrogens with zero attached hydrogens (tertiary/aromatic N) is 5. The number of amides is 4. The van der Waals surface area contributed by atoms with Crippen molar-refractivity contribution in [2.75, 3.05) is 20.1 Å². The molecule has 0 bridgehead atoms. The molecule has 0 fully saturated rings. The number of pyridine rings is 2. The minimum atomic E-state index is -0.829. The van der Waals surface area contributed by atoms with Crippen LogP contribution >= 0.6 is 0 Å². The van der Waals surface area contributed by atoms with Crippen LogP contribution in [0.4, 0.5) is 4.79 Å². The Morgan fingerprint density at radius 1 is 1.05 bits per heavy atom. The number of aromatic nitrogens is 2. The van der Waals surface area contributed by atoms with Gasteiger partial charge < -0.3 is 20.7 Å². The smallest absolute Gasteiger partial charge is 0.343 e. The fourth-order valence-corrected chi connectivity index (χ4v) is 3.01. The molecule has 2 aromatic rings. The van der Waals surface area contributed by atoms with Crippen molar-refractivity contribution in [1.82, 2.24) is 30.1 Å². The Morgan fingerprint density at radius 2 is 1.59 bits per heavy atom. The minimum absolute atomic E-state index is 0.174. The number of nitrogens with two attached hydrogens (primary N) is 1. The Kier molecular flexibility index (Phi) is 14.7. The minimum Gasteiger partial charge on any atom is -0.370 e. The summed E-state index contributed by atoms with van der Waals surface area (Å²) in [6.45, 7) is 6.19. The molecule has 0 aliphatic heterocycles. The van der Waals surface area contributed by atoms with E-state index in [0.717, 1.165) is 16.2 Å². The average molecular weight is 516 g/mol. The molecule has 0 spiro atoms. The van der Waals surface area contributed by atoms with E-state index in [4.69, 9.17) is 4.84 Å². The first-order chi connectivity index (χ1) is 17.7. The molecule has 0 aliphatic rings. The van der Waals surface area contributed by atoms with Crippen LogP contribution in [0, 0.1) is 0 Å². The molecule has 2 rings (SSSR count). The van der Waals surface area contributed by atoms with Gasteiger partial charge in [-0.05, 0) is 56.3 Å². The number of hydrogen-bond donors (Lipinski definition) is 2. The van der Waals surface area contributed by atoms with Crippen molar-refractivity contribution >= 4 is 24.6 Å². The number of rotatable bonds is 14. The van der Waals surface area contributed by atoms with Crippen LogP contribution in [0.3, 0.4) is 0 Å². The van der Waals surface area contributed by atoms with Crippen LogP contribution in [0.15, 0.2) is 49.1 Å². The summed E-state index contributed by atoms with van der Waals surface area (Å²) in [6.07, 6.45) is 7.12. The Hall–Kier alpha value is -3.90. The molecule has 1 unspecified atom stereocenters. The van der Waals surface area contributed by atoms with E-state index in [1.807, 2.05) is 24.1 Å². The van der Waals surface area contributed by atoms with Gasteiger partial charge in [0.2, 0.25) is 12.3 Å². The van der Waals surface area contributed by atoms with Crippen LogP contribution in [0.5, 0.6) is 0 Å². The number of hydroxylamine groups is 2. The van der Waals surface area contributed by atoms with Crippen LogP contribution in [0.25, 0.3) is 0 Å². The third-order valence-electron chi connectivity index (χ3n) is 4.82. The van der Waals surface area contributed by atoms with Gasteiger partial charge in [0.1, 0.15) is 12.5 Å². The standard InChI is InChI=1S/C22H30N6O4.C3H7NO/c1-18(2)32-28(22(31)25-14-19-4-8-23-9-5-19)21(27(17-30)12-13-29)16-26(3)15-20-6-10-24-11-7-20;1-2-3(4)5/h4-11,13,17-18,21H,12,14-16H2,1-3H3,(H,25,31);2H2,1H3,(H2,4,5). The first-order valence-corrected chi connectivity index (χ1v) is 11.8. The fraction of sp³-hybridized carbons (Fsp3) is 0.440. The summed E-state index contributed by atoms with van der Waals surface area (Å²) in [5.41, 5.74) is 6.54. The van der Waals surface area contributed by atoms with Gasteiger partial charge in [-0.3, -0.25) is 29.3 Å². The Bertz CT molecular complexity index is 947. The number of likely N-dealkylation sites (N-methyl/N-ethyl adjacent to an activating group) is 1. The normalized spacial score (nSPS) is 11.2. The summed E-state index contributed by atoms with van der Waals surface area (Å²) >= 11 is 0. The lowest BCUT2D eigenvalue weighted by Crippen LogP contribution is -2.58. The highest BCUT2D eigenvalue weighted by molar-refractivity contribution is 5.74. The molecule has 2 aromatic heterocycles. The van der Waals surface area contributed by atoms with Crippen molar-refractivity contribution in [3.63, 3.8) is 0 Å². The quantitative estimate of drug-likeness (QED) is 0.217. The van der Waals surface area contributed by atoms with E-state index >= 15 is 0 Å². The highest BCUT2D eigenvalue weighted by Crippen LogP contribution is 2.13. The third kappa shape index (κ3) is 12.6. The van der Waals surface area contributed by atoms with Gasteiger partial charge in [0.15, 0.2) is 0 Å². The molecule has 202 valence electrons. The molecule has 2 heterocycles. The van der Waals surface area contributed by atoms with E-state index in [9.17, 15) is 19.2 Å². The topological polar surface area (TPSA) is 151 Å². The number of carbonyl (C=O) groups is 4. The molecule has 3 N–H and O–H groups in total. The molecule has 12 heteroatoms. The van der Waals surface area contributed by atoms with Gasteiger partial charge in [0.25, 0.3) is 0 Å². The molecule has 0 saturated carbocycles. The van der Waals surface area contributed by atoms with Crippen LogP contribution in [-0.4, -0.2) is 81.9 Å². The first-order valence-electron chi connectivity index (χ1n) is 11.8. The van der Waals surface area contributed by atoms with Crippen LogP contribution in [0.2, 0.25) is 0 Å². The second kappa shape index (κ2) is 17.5. The maximum Gasteiger partial charge on any atom is 0.343 e. The second-order valence-corrected chi connectivity index (χ2v) is 8.32. The number of hydrogen-bond acceptors (Lipinski definition) is 8. The lowest BCUT2D eigenvalue weighted by molar-refractivity contribution is -0.204. The van der Waals surface area contributed by atoms with E-state index in [1.54, 1.807) is 57.7 Å². The summed E-state index contributed by atoms with van der Waals surface area (Å²) in [7, 11) is 1.86. The predicted octanol–water partition coefficient (Wildman–Crippen LogP) is 1.33. The van der Waals surface area contributed by atoms with Crippen molar-refractivity contribution in [2.45, 2.75) is 52.6 Å². The zero-order chi connectivity index (χ0) is 27.6. The number of aldehydes is 1. The van der Waals surface area contributed by atoms with E-state index in [2.05, 4.69) is 21.0 Å². The van der Waals surface area contributed by atoms with Crippen LogP contribution < -0.4 is 11.1 Å². The number of primary amides is 1. The monoisotopic (exact) mass is 515 g/mol. The van der Waals surface area contributed by atoms with E-state index in [0.29, 0.717) is 25.7 Å². The lowest BCUT2D eigenvalue weighted by Gasteiger charge is -2.38. The third-order valence-corrected chi connectivity index (χ3v) is 4.82. The van der Waals surface area contributed by atoms with Crippen molar-refractivity contribution in [1.29, 1.82) is 0 Å². The molecule has 12 nitrogen and oxygen atoms in total. The molecule has 0 saturated heterocycles. The average Bonchev–Trinajstić information content (AvgIpc) is 2.89. The highest BCUT2D eigenvalue weighted by Gasteiger charge is 2.31. The maximum absolute atomic E-state index is 13.1. The summed E-state index contributed by atoms with van der Waals surface area (Å²) in [6, 6.07) is 6.84. The van der Waals surface area contributed by atoms with E-state index in [-0.39, 0.29) is 31.6 Å². The van der Waals surface area contributed by atoms with Crippen LogP contribution in [-0.2, 0) is 32.3 Å². The fourth-order valence-electron chi connectivity index (χ4n) is 3.01. The Balaban J connectivity index is 0.00000124. The predicted molar refractivity (Wildman–Crippen MR) is 137 cm³/mol. The van der Waals surface area contributed by atoms with Gasteiger partial charge in [-0.15, -0.1) is 0 Å². The zero-order valence-electron chi connectivity index (χ0n) is 21.8. The van der Waals surface area contributed by atoms with Crippen molar-refractivity contribution < 1.29 is 24.0 Å². The van der Waals surface area contributed by atoms with Crippen molar-refractivity contribution in [3.05, 3.63) is 60.2 Å². The van der Waals surface area contributed by atoms with Gasteiger partial charge in [0, 0.05) is 50.8 Å². The van der Waals surface area contributed by atoms with Gasteiger partial charge >= 0.3 is 6.03 Å². The SMILES string of the molecule is CC(C)ON(C(=O)NCc1ccncc1)C(CN(C)Cc1ccncc1)N(C=O)CC=O.CCC(N)=O. The number of carbonyl (C=O) groups excluding carboxylic acids is 4. The van der Waals surface area contributed by atoms with Crippen molar-refractivity contribution in [3.8, 4) is 0 Å². The Morgan fingerprint density at radius 3 is 2.05 bits per heavy atom. The molecule has 0 aliphatic carbocycles. The molecular formula is C25H37N7O5. The van der Waals surface area contributed by atoms with Gasteiger partial charge in [0.05, 0.1) is 12.6 Å². The lowest BCUT2D eigenvalue weighted by atomic mass is 10.2. The van der Waals surface area contributed by atoms with Gasteiger partial charge in [-0.1, -0.05) is 6.92 Å². The Labute approximate surface area is 217 Å². The van der Waals surface area contributed by atoms with E-state index in [1.165, 1.54) is 4.90 Å². The molecule has 4 amide bonds. The molecular weight excluding hydrogens is 478 g/mol. The molecule has 0 aromatic carbocycles. The highest BCUT2D eigenvalue weighted by atomic mass is 16.7. The molecule has 0 radical (unpaired) electrons. The molecule has 37 heavy (non-hydrogen) atoms. The first kappa shape index (κ1) is 31.1. The second-order valence-electron chi connectivity index (χ2n) is 8.32.